The molecule has 7 heteroatoms. The minimum Gasteiger partial charge on any atom is -0.390 e. The summed E-state index contributed by atoms with van der Waals surface area (Å²) in [5.41, 5.74) is 3.89. The summed E-state index contributed by atoms with van der Waals surface area (Å²) in [5, 5.41) is 10.9. The number of halogens is 1. The van der Waals surface area contributed by atoms with Crippen LogP contribution in [0.25, 0.3) is 0 Å². The maximum Gasteiger partial charge on any atom is 0.237 e. The van der Waals surface area contributed by atoms with Crippen LogP contribution in [0.15, 0.2) is 59.9 Å². The number of aromatic nitrogens is 2. The second-order valence-corrected chi connectivity index (χ2v) is 8.02. The van der Waals surface area contributed by atoms with E-state index in [-0.39, 0.29) is 12.5 Å². The van der Waals surface area contributed by atoms with Gasteiger partial charge in [0.2, 0.25) is 5.91 Å². The van der Waals surface area contributed by atoms with Crippen LogP contribution in [0.3, 0.4) is 0 Å². The van der Waals surface area contributed by atoms with E-state index in [1.165, 1.54) is 17.3 Å². The van der Waals surface area contributed by atoms with Crippen LogP contribution in [-0.2, 0) is 24.4 Å². The Balaban J connectivity index is 1.46. The molecule has 1 aliphatic heterocycles. The molecule has 0 saturated carbocycles. The Kier molecular flexibility index (Phi) is 5.71. The van der Waals surface area contributed by atoms with E-state index in [0.29, 0.717) is 23.0 Å². The van der Waals surface area contributed by atoms with Crippen molar-refractivity contribution in [2.45, 2.75) is 24.7 Å². The average molecular weight is 414 g/mol. The van der Waals surface area contributed by atoms with Gasteiger partial charge in [-0.3, -0.25) is 4.79 Å². The third-order valence-corrected chi connectivity index (χ3v) is 5.96. The normalized spacial score (nSPS) is 13.0. The van der Waals surface area contributed by atoms with Crippen LogP contribution >= 0.6 is 23.4 Å². The van der Waals surface area contributed by atoms with Crippen LogP contribution in [0.2, 0.25) is 5.02 Å². The smallest absolute Gasteiger partial charge is 0.237 e. The Morgan fingerprint density at radius 1 is 1.18 bits per heavy atom. The summed E-state index contributed by atoms with van der Waals surface area (Å²) in [6.45, 7) is 1.20. The number of fused-ring (bicyclic) bond motifs is 1. The lowest BCUT2D eigenvalue weighted by molar-refractivity contribution is -0.116. The van der Waals surface area contributed by atoms with Crippen LogP contribution in [0.5, 0.6) is 0 Å². The Labute approximate surface area is 173 Å². The summed E-state index contributed by atoms with van der Waals surface area (Å²) >= 11 is 7.36. The van der Waals surface area contributed by atoms with Crippen LogP contribution < -0.4 is 4.90 Å². The lowest BCUT2D eigenvalue weighted by Gasteiger charge is -2.17. The van der Waals surface area contributed by atoms with Crippen molar-refractivity contribution >= 4 is 35.0 Å². The largest absolute Gasteiger partial charge is 0.390 e. The summed E-state index contributed by atoms with van der Waals surface area (Å²) in [6, 6.07) is 15.7. The van der Waals surface area contributed by atoms with E-state index in [9.17, 15) is 9.90 Å². The van der Waals surface area contributed by atoms with Crippen molar-refractivity contribution < 1.29 is 9.90 Å². The quantitative estimate of drug-likeness (QED) is 0.625. The molecule has 0 fully saturated rings. The van der Waals surface area contributed by atoms with Crippen molar-refractivity contribution in [3.63, 3.8) is 0 Å². The second-order valence-electron chi connectivity index (χ2n) is 6.64. The monoisotopic (exact) mass is 413 g/mol. The lowest BCUT2D eigenvalue weighted by Crippen LogP contribution is -2.30. The number of imidazole rings is 1. The van der Waals surface area contributed by atoms with Crippen molar-refractivity contribution in [1.29, 1.82) is 0 Å². The van der Waals surface area contributed by atoms with Crippen LogP contribution in [0, 0.1) is 0 Å². The SMILES string of the molecule is O=C(CSc1nc(CO)cn1Cc1ccc(Cl)cc1)N1CCc2ccccc21. The molecule has 5 nitrogen and oxygen atoms in total. The van der Waals surface area contributed by atoms with Gasteiger partial charge in [0.1, 0.15) is 0 Å². The molecule has 1 aliphatic rings. The van der Waals surface area contributed by atoms with Gasteiger partial charge in [-0.2, -0.15) is 0 Å². The van der Waals surface area contributed by atoms with E-state index in [4.69, 9.17) is 11.6 Å². The summed E-state index contributed by atoms with van der Waals surface area (Å²) in [4.78, 5) is 19.1. The summed E-state index contributed by atoms with van der Waals surface area (Å²) in [6.07, 6.45) is 2.72. The molecule has 28 heavy (non-hydrogen) atoms. The molecule has 2 aromatic carbocycles. The van der Waals surface area contributed by atoms with Crippen molar-refractivity contribution in [3.05, 3.63) is 76.6 Å². The number of para-hydroxylation sites is 1. The number of carbonyl (C=O) groups excluding carboxylic acids is 1. The van der Waals surface area contributed by atoms with Gasteiger partial charge in [0.25, 0.3) is 0 Å². The van der Waals surface area contributed by atoms with Gasteiger partial charge in [-0.25, -0.2) is 4.98 Å². The van der Waals surface area contributed by atoms with Crippen molar-refractivity contribution in [2.24, 2.45) is 0 Å². The number of hydrogen-bond donors (Lipinski definition) is 1. The molecule has 1 N–H and O–H groups in total. The molecule has 4 rings (SSSR count). The van der Waals surface area contributed by atoms with Crippen molar-refractivity contribution in [1.82, 2.24) is 9.55 Å². The molecular weight excluding hydrogens is 394 g/mol. The fourth-order valence-corrected chi connectivity index (χ4v) is 4.34. The van der Waals surface area contributed by atoms with Crippen LogP contribution in [-0.4, -0.2) is 32.9 Å². The van der Waals surface area contributed by atoms with Crippen LogP contribution in [0.1, 0.15) is 16.8 Å². The lowest BCUT2D eigenvalue weighted by atomic mass is 10.2. The van der Waals surface area contributed by atoms with Gasteiger partial charge in [-0.05, 0) is 35.7 Å². The molecule has 1 amide bonds. The number of aliphatic hydroxyl groups is 1. The van der Waals surface area contributed by atoms with E-state index >= 15 is 0 Å². The molecule has 0 saturated heterocycles. The number of aliphatic hydroxyl groups excluding tert-OH is 1. The van der Waals surface area contributed by atoms with E-state index in [2.05, 4.69) is 11.1 Å². The third kappa shape index (κ3) is 4.09. The molecule has 3 aromatic rings. The number of hydrogen-bond acceptors (Lipinski definition) is 4. The summed E-state index contributed by atoms with van der Waals surface area (Å²) < 4.78 is 1.96. The Hall–Kier alpha value is -2.28. The van der Waals surface area contributed by atoms with Gasteiger partial charge < -0.3 is 14.6 Å². The van der Waals surface area contributed by atoms with E-state index in [0.717, 1.165) is 29.4 Å². The number of anilines is 1. The summed E-state index contributed by atoms with van der Waals surface area (Å²) in [7, 11) is 0. The maximum atomic E-state index is 12.8. The van der Waals surface area contributed by atoms with E-state index in [1.807, 2.05) is 58.1 Å². The molecule has 144 valence electrons. The molecule has 0 aliphatic carbocycles. The van der Waals surface area contributed by atoms with Crippen molar-refractivity contribution in [2.75, 3.05) is 17.2 Å². The number of rotatable bonds is 6. The number of nitrogens with zero attached hydrogens (tertiary/aromatic N) is 3. The highest BCUT2D eigenvalue weighted by Crippen LogP contribution is 2.29. The zero-order valence-electron chi connectivity index (χ0n) is 15.2. The van der Waals surface area contributed by atoms with Gasteiger partial charge in [-0.15, -0.1) is 0 Å². The predicted molar refractivity (Wildman–Crippen MR) is 112 cm³/mol. The van der Waals surface area contributed by atoms with E-state index < -0.39 is 0 Å². The average Bonchev–Trinajstić information content (AvgIpc) is 3.32. The Morgan fingerprint density at radius 3 is 2.75 bits per heavy atom. The summed E-state index contributed by atoms with van der Waals surface area (Å²) in [5.74, 6) is 0.373. The molecule has 0 bridgehead atoms. The van der Waals surface area contributed by atoms with Gasteiger partial charge in [0, 0.05) is 30.0 Å². The topological polar surface area (TPSA) is 58.4 Å². The zero-order valence-corrected chi connectivity index (χ0v) is 16.8. The maximum absolute atomic E-state index is 12.8. The minimum absolute atomic E-state index is 0.0709. The number of thioether (sulfide) groups is 1. The first-order valence-electron chi connectivity index (χ1n) is 9.06. The Bertz CT molecular complexity index is 988. The number of amides is 1. The fraction of sp³-hybridized carbons (Fsp3) is 0.238. The fourth-order valence-electron chi connectivity index (χ4n) is 3.34. The number of benzene rings is 2. The third-order valence-electron chi connectivity index (χ3n) is 4.73. The highest BCUT2D eigenvalue weighted by Gasteiger charge is 2.24. The minimum atomic E-state index is -0.130. The second kappa shape index (κ2) is 8.39. The molecule has 2 heterocycles. The van der Waals surface area contributed by atoms with Gasteiger partial charge in [0.15, 0.2) is 5.16 Å². The predicted octanol–water partition coefficient (Wildman–Crippen LogP) is 3.76. The highest BCUT2D eigenvalue weighted by molar-refractivity contribution is 7.99. The number of carbonyl (C=O) groups is 1. The molecule has 0 spiro atoms. The standard InChI is InChI=1S/C21H20ClN3O2S/c22-17-7-5-15(6-8-17)11-24-12-18(13-26)23-21(24)28-14-20(27)25-10-9-16-3-1-2-4-19(16)25/h1-8,12,26H,9-11,13-14H2. The van der Waals surface area contributed by atoms with Crippen molar-refractivity contribution in [3.8, 4) is 0 Å². The first-order valence-corrected chi connectivity index (χ1v) is 10.4. The van der Waals surface area contributed by atoms with Gasteiger partial charge >= 0.3 is 0 Å². The molecular formula is C21H20ClN3O2S. The molecule has 0 radical (unpaired) electrons. The van der Waals surface area contributed by atoms with Crippen LogP contribution in [0.4, 0.5) is 5.69 Å². The molecule has 1 aromatic heterocycles. The van der Waals surface area contributed by atoms with E-state index in [1.54, 1.807) is 0 Å². The zero-order chi connectivity index (χ0) is 19.5. The molecule has 0 unspecified atom stereocenters. The molecule has 0 atom stereocenters. The first-order chi connectivity index (χ1) is 13.6. The van der Waals surface area contributed by atoms with Gasteiger partial charge in [-0.1, -0.05) is 53.7 Å². The first kappa shape index (κ1) is 19.1. The highest BCUT2D eigenvalue weighted by atomic mass is 35.5. The Morgan fingerprint density at radius 2 is 1.96 bits per heavy atom. The van der Waals surface area contributed by atoms with Gasteiger partial charge in [0.05, 0.1) is 18.1 Å².